The van der Waals surface area contributed by atoms with Gasteiger partial charge in [0.15, 0.2) is 0 Å². The van der Waals surface area contributed by atoms with Gasteiger partial charge in [0.1, 0.15) is 0 Å². The minimum atomic E-state index is -1.85. The molecule has 0 aliphatic carbocycles. The van der Waals surface area contributed by atoms with Crippen molar-refractivity contribution in [3.05, 3.63) is 0 Å². The number of hydrogen-bond donors (Lipinski definition) is 0. The van der Waals surface area contributed by atoms with E-state index in [0.717, 1.165) is 0 Å². The molecule has 0 aliphatic rings. The molecule has 0 saturated heterocycles. The second kappa shape index (κ2) is 5.40. The Balaban J connectivity index is 0. The predicted molar refractivity (Wildman–Crippen MR) is 78.4 cm³/mol. The van der Waals surface area contributed by atoms with Gasteiger partial charge < -0.3 is 9.13 Å². The summed E-state index contributed by atoms with van der Waals surface area (Å²) in [5, 5.41) is -0.0139. The lowest BCUT2D eigenvalue weighted by Crippen LogP contribution is -2.12. The number of hydrogen-bond acceptors (Lipinski definition) is 2. The maximum absolute atomic E-state index is 11.2. The highest BCUT2D eigenvalue weighted by Crippen LogP contribution is 2.50. The van der Waals surface area contributed by atoms with Crippen LogP contribution in [0.25, 0.3) is 0 Å². The lowest BCUT2D eigenvalue weighted by atomic mass is 10.3. The highest BCUT2D eigenvalue weighted by atomic mass is 31.2. The Labute approximate surface area is 102 Å². The van der Waals surface area contributed by atoms with E-state index in [0.29, 0.717) is 0 Å². The minimum Gasteiger partial charge on any atom is -0.324 e. The Morgan fingerprint density at radius 3 is 0.625 bits per heavy atom. The summed E-state index contributed by atoms with van der Waals surface area (Å²) in [7, 11) is -3.70. The maximum atomic E-state index is 11.2. The van der Waals surface area contributed by atoms with Crippen LogP contribution >= 0.6 is 14.3 Å². The molecule has 0 bridgehead atoms. The average Bonchev–Trinajstić information content (AvgIpc) is 1.77. The Kier molecular flexibility index (Phi) is 6.35. The number of rotatable bonds is 0. The third-order valence-electron chi connectivity index (χ3n) is 3.23. The molecule has 0 aromatic heterocycles. The van der Waals surface area contributed by atoms with Crippen molar-refractivity contribution in [1.82, 2.24) is 0 Å². The zero-order valence-corrected chi connectivity index (χ0v) is 14.5. The highest BCUT2D eigenvalue weighted by Gasteiger charge is 2.26. The zero-order valence-electron chi connectivity index (χ0n) is 12.7. The third-order valence-corrected chi connectivity index (χ3v) is 9.69. The first-order valence-corrected chi connectivity index (χ1v) is 10.8. The summed E-state index contributed by atoms with van der Waals surface area (Å²) >= 11 is 0. The van der Waals surface area contributed by atoms with Crippen molar-refractivity contribution in [2.24, 2.45) is 0 Å². The topological polar surface area (TPSA) is 34.1 Å². The Hall–Kier alpha value is 0.460. The van der Waals surface area contributed by atoms with Crippen molar-refractivity contribution in [2.75, 3.05) is 26.7 Å². The van der Waals surface area contributed by atoms with Crippen LogP contribution in [0.3, 0.4) is 0 Å². The van der Waals surface area contributed by atoms with E-state index in [1.54, 1.807) is 0 Å². The van der Waals surface area contributed by atoms with Crippen LogP contribution in [0, 0.1) is 0 Å². The average molecular weight is 268 g/mol. The van der Waals surface area contributed by atoms with Gasteiger partial charge in [-0.1, -0.05) is 41.5 Å². The lowest BCUT2D eigenvalue weighted by Gasteiger charge is -2.23. The summed E-state index contributed by atoms with van der Waals surface area (Å²) in [5.74, 6) is 0. The van der Waals surface area contributed by atoms with E-state index in [9.17, 15) is 9.13 Å². The molecule has 100 valence electrons. The molecule has 0 unspecified atom stereocenters. The van der Waals surface area contributed by atoms with Gasteiger partial charge in [-0.2, -0.15) is 0 Å². The maximum Gasteiger partial charge on any atom is 0.0869 e. The van der Waals surface area contributed by atoms with E-state index >= 15 is 0 Å². The summed E-state index contributed by atoms with van der Waals surface area (Å²) in [6.45, 7) is 19.4. The smallest absolute Gasteiger partial charge is 0.0869 e. The molecule has 0 aliphatic heterocycles. The second-order valence-corrected chi connectivity index (χ2v) is 15.1. The largest absolute Gasteiger partial charge is 0.324 e. The van der Waals surface area contributed by atoms with Crippen molar-refractivity contribution >= 4 is 14.3 Å². The zero-order chi connectivity index (χ0) is 14.0. The van der Waals surface area contributed by atoms with E-state index in [1.807, 2.05) is 68.2 Å². The van der Waals surface area contributed by atoms with Crippen LogP contribution in [-0.2, 0) is 9.13 Å². The molecular weight excluding hydrogens is 238 g/mol. The standard InChI is InChI=1S/2C6H15OP/c2*1-6(2,3)8(4,5)7/h2*1-5H3. The van der Waals surface area contributed by atoms with Gasteiger partial charge in [-0.15, -0.1) is 0 Å². The predicted octanol–water partition coefficient (Wildman–Crippen LogP) is 4.82. The van der Waals surface area contributed by atoms with Gasteiger partial charge in [0.25, 0.3) is 0 Å². The van der Waals surface area contributed by atoms with Crippen LogP contribution in [0.1, 0.15) is 41.5 Å². The molecular formula is C12H30O2P2. The molecule has 0 heterocycles. The SMILES string of the molecule is CC(C)(C)P(C)(C)=O.CC(C)(C)P(C)(C)=O. The van der Waals surface area contributed by atoms with Crippen molar-refractivity contribution in [1.29, 1.82) is 0 Å². The molecule has 0 rings (SSSR count). The van der Waals surface area contributed by atoms with Crippen LogP contribution in [-0.4, -0.2) is 37.0 Å². The van der Waals surface area contributed by atoms with Crippen LogP contribution in [0.2, 0.25) is 0 Å². The fourth-order valence-corrected chi connectivity index (χ4v) is 0. The highest BCUT2D eigenvalue weighted by molar-refractivity contribution is 7.64. The van der Waals surface area contributed by atoms with Crippen LogP contribution in [0.4, 0.5) is 0 Å². The van der Waals surface area contributed by atoms with Crippen molar-refractivity contribution in [2.45, 2.75) is 51.9 Å². The first kappa shape index (κ1) is 18.8. The quantitative estimate of drug-likeness (QED) is 0.590. The summed E-state index contributed by atoms with van der Waals surface area (Å²) in [5.41, 5.74) is 0. The molecule has 0 aromatic rings. The monoisotopic (exact) mass is 268 g/mol. The summed E-state index contributed by atoms with van der Waals surface area (Å²) in [4.78, 5) is 0. The van der Waals surface area contributed by atoms with E-state index in [1.165, 1.54) is 0 Å². The fraction of sp³-hybridized carbons (Fsp3) is 1.00. The normalized spacial score (nSPS) is 14.1. The molecule has 2 nitrogen and oxygen atoms in total. The molecule has 0 N–H and O–H groups in total. The molecule has 0 spiro atoms. The molecule has 0 atom stereocenters. The Morgan fingerprint density at radius 1 is 0.562 bits per heavy atom. The molecule has 0 saturated carbocycles. The molecule has 0 radical (unpaired) electrons. The van der Waals surface area contributed by atoms with E-state index in [-0.39, 0.29) is 10.3 Å². The second-order valence-electron chi connectivity index (χ2n) is 7.04. The first-order valence-electron chi connectivity index (χ1n) is 5.60. The molecule has 0 amide bonds. The third kappa shape index (κ3) is 7.69. The van der Waals surface area contributed by atoms with Gasteiger partial charge in [0.2, 0.25) is 0 Å². The lowest BCUT2D eigenvalue weighted by molar-refractivity contribution is 0.557. The van der Waals surface area contributed by atoms with Crippen molar-refractivity contribution < 1.29 is 9.13 Å². The first-order chi connectivity index (χ1) is 6.50. The summed E-state index contributed by atoms with van der Waals surface area (Å²) in [6.07, 6.45) is 0. The minimum absolute atomic E-state index is 0.00694. The van der Waals surface area contributed by atoms with Crippen molar-refractivity contribution in [3.63, 3.8) is 0 Å². The van der Waals surface area contributed by atoms with Gasteiger partial charge >= 0.3 is 0 Å². The van der Waals surface area contributed by atoms with E-state index < -0.39 is 14.3 Å². The van der Waals surface area contributed by atoms with Gasteiger partial charge in [0, 0.05) is 10.3 Å². The Morgan fingerprint density at radius 2 is 0.625 bits per heavy atom. The van der Waals surface area contributed by atoms with Gasteiger partial charge in [-0.05, 0) is 26.7 Å². The molecule has 4 heteroatoms. The van der Waals surface area contributed by atoms with Gasteiger partial charge in [0.05, 0.1) is 14.3 Å². The van der Waals surface area contributed by atoms with Crippen LogP contribution in [0.5, 0.6) is 0 Å². The molecule has 0 fully saturated rings. The fourth-order valence-electron chi connectivity index (χ4n) is 0. The van der Waals surface area contributed by atoms with Crippen LogP contribution in [0.15, 0.2) is 0 Å². The molecule has 0 aromatic carbocycles. The van der Waals surface area contributed by atoms with E-state index in [4.69, 9.17) is 0 Å². The summed E-state index contributed by atoms with van der Waals surface area (Å²) < 4.78 is 22.5. The van der Waals surface area contributed by atoms with Crippen molar-refractivity contribution in [3.8, 4) is 0 Å². The molecule has 16 heavy (non-hydrogen) atoms. The van der Waals surface area contributed by atoms with Gasteiger partial charge in [-0.3, -0.25) is 0 Å². The van der Waals surface area contributed by atoms with E-state index in [2.05, 4.69) is 0 Å². The van der Waals surface area contributed by atoms with Crippen LogP contribution < -0.4 is 0 Å². The Bertz CT molecular complexity index is 262. The summed E-state index contributed by atoms with van der Waals surface area (Å²) in [6, 6.07) is 0. The van der Waals surface area contributed by atoms with Gasteiger partial charge in [-0.25, -0.2) is 0 Å².